The van der Waals surface area contributed by atoms with Crippen LogP contribution < -0.4 is 20.3 Å². The van der Waals surface area contributed by atoms with Crippen molar-refractivity contribution in [2.45, 2.75) is 32.2 Å². The summed E-state index contributed by atoms with van der Waals surface area (Å²) in [5, 5.41) is 6.39. The van der Waals surface area contributed by atoms with Crippen LogP contribution >= 0.6 is 0 Å². The number of carbonyl (C=O) groups excluding carboxylic acids is 2. The topological polar surface area (TPSA) is 70.7 Å². The van der Waals surface area contributed by atoms with Gasteiger partial charge in [0.1, 0.15) is 5.75 Å². The Morgan fingerprint density at radius 1 is 1.33 bits per heavy atom. The van der Waals surface area contributed by atoms with Crippen molar-refractivity contribution in [3.8, 4) is 5.75 Å². The van der Waals surface area contributed by atoms with E-state index in [1.165, 1.54) is 0 Å². The molecule has 2 amide bonds. The first kappa shape index (κ1) is 16.8. The number of methoxy groups -OCH3 is 1. The summed E-state index contributed by atoms with van der Waals surface area (Å²) in [6.45, 7) is 4.25. The van der Waals surface area contributed by atoms with Crippen molar-refractivity contribution in [2.24, 2.45) is 5.92 Å². The highest BCUT2D eigenvalue weighted by Gasteiger charge is 2.37. The number of ether oxygens (including phenoxy) is 1. The van der Waals surface area contributed by atoms with Crippen LogP contribution in [-0.2, 0) is 9.59 Å². The fourth-order valence-corrected chi connectivity index (χ4v) is 3.41. The number of carbonyl (C=O) groups is 2. The van der Waals surface area contributed by atoms with Gasteiger partial charge in [0.2, 0.25) is 11.8 Å². The van der Waals surface area contributed by atoms with E-state index in [-0.39, 0.29) is 30.2 Å². The third-order valence-corrected chi connectivity index (χ3v) is 4.81. The van der Waals surface area contributed by atoms with Gasteiger partial charge < -0.3 is 20.3 Å². The maximum atomic E-state index is 12.5. The quantitative estimate of drug-likeness (QED) is 0.870. The molecule has 0 aromatic heterocycles. The molecule has 6 nitrogen and oxygen atoms in total. The monoisotopic (exact) mass is 331 g/mol. The Bertz CT molecular complexity index is 626. The summed E-state index contributed by atoms with van der Waals surface area (Å²) in [7, 11) is 1.59. The van der Waals surface area contributed by atoms with Crippen molar-refractivity contribution in [3.05, 3.63) is 23.8 Å². The van der Waals surface area contributed by atoms with Gasteiger partial charge in [-0.1, -0.05) is 6.07 Å². The number of anilines is 1. The van der Waals surface area contributed by atoms with Crippen molar-refractivity contribution in [3.63, 3.8) is 0 Å². The second kappa shape index (κ2) is 7.21. The Balaban J connectivity index is 1.69. The van der Waals surface area contributed by atoms with Crippen LogP contribution in [0, 0.1) is 12.8 Å². The molecule has 0 saturated carbocycles. The first-order valence-corrected chi connectivity index (χ1v) is 8.54. The second-order valence-corrected chi connectivity index (χ2v) is 6.61. The van der Waals surface area contributed by atoms with E-state index in [9.17, 15) is 9.59 Å². The van der Waals surface area contributed by atoms with Crippen molar-refractivity contribution in [1.29, 1.82) is 0 Å². The number of hydrogen-bond acceptors (Lipinski definition) is 4. The third-order valence-electron chi connectivity index (χ3n) is 4.81. The van der Waals surface area contributed by atoms with Gasteiger partial charge in [-0.15, -0.1) is 0 Å². The third kappa shape index (κ3) is 3.53. The molecule has 2 saturated heterocycles. The maximum absolute atomic E-state index is 12.5. The zero-order chi connectivity index (χ0) is 17.1. The molecule has 2 aliphatic heterocycles. The van der Waals surface area contributed by atoms with Gasteiger partial charge in [-0.25, -0.2) is 0 Å². The minimum Gasteiger partial charge on any atom is -0.495 e. The van der Waals surface area contributed by atoms with E-state index in [1.807, 2.05) is 25.1 Å². The van der Waals surface area contributed by atoms with Gasteiger partial charge in [0.15, 0.2) is 0 Å². The number of rotatable bonds is 4. The minimum atomic E-state index is -0.294. The van der Waals surface area contributed by atoms with Crippen LogP contribution in [0.5, 0.6) is 5.75 Å². The number of benzene rings is 1. The highest BCUT2D eigenvalue weighted by Crippen LogP contribution is 2.34. The maximum Gasteiger partial charge on any atom is 0.227 e. The molecule has 1 aromatic rings. The molecular weight excluding hydrogens is 306 g/mol. The molecule has 2 N–H and O–H groups in total. The molecule has 24 heavy (non-hydrogen) atoms. The summed E-state index contributed by atoms with van der Waals surface area (Å²) >= 11 is 0. The van der Waals surface area contributed by atoms with E-state index in [0.717, 1.165) is 37.2 Å². The first-order valence-electron chi connectivity index (χ1n) is 8.54. The van der Waals surface area contributed by atoms with Crippen LogP contribution in [0.1, 0.15) is 24.8 Å². The molecule has 6 heteroatoms. The van der Waals surface area contributed by atoms with Crippen LogP contribution in [0.3, 0.4) is 0 Å². The molecule has 0 aliphatic carbocycles. The summed E-state index contributed by atoms with van der Waals surface area (Å²) in [4.78, 5) is 26.6. The fraction of sp³-hybridized carbons (Fsp3) is 0.556. The molecule has 2 aliphatic rings. The van der Waals surface area contributed by atoms with E-state index < -0.39 is 0 Å². The van der Waals surface area contributed by atoms with E-state index in [0.29, 0.717) is 12.3 Å². The van der Waals surface area contributed by atoms with Gasteiger partial charge in [-0.05, 0) is 50.6 Å². The molecule has 0 spiro atoms. The fourth-order valence-electron chi connectivity index (χ4n) is 3.41. The molecule has 130 valence electrons. The predicted octanol–water partition coefficient (Wildman–Crippen LogP) is 1.22. The van der Waals surface area contributed by atoms with Gasteiger partial charge >= 0.3 is 0 Å². The number of nitrogens with one attached hydrogen (secondary N) is 2. The van der Waals surface area contributed by atoms with Crippen molar-refractivity contribution in [2.75, 3.05) is 31.6 Å². The van der Waals surface area contributed by atoms with Crippen LogP contribution in [0.2, 0.25) is 0 Å². The SMILES string of the molecule is COc1ccc(C)cc1N1CC(C(=O)NC2CCNCC2)CC1=O. The molecule has 0 bridgehead atoms. The molecule has 2 heterocycles. The normalized spacial score (nSPS) is 21.8. The lowest BCUT2D eigenvalue weighted by atomic mass is 10.0. The Kier molecular flexibility index (Phi) is 5.04. The van der Waals surface area contributed by atoms with Crippen molar-refractivity contribution >= 4 is 17.5 Å². The lowest BCUT2D eigenvalue weighted by Gasteiger charge is -2.25. The van der Waals surface area contributed by atoms with E-state index >= 15 is 0 Å². The van der Waals surface area contributed by atoms with Crippen LogP contribution in [0.25, 0.3) is 0 Å². The van der Waals surface area contributed by atoms with Crippen molar-refractivity contribution in [1.82, 2.24) is 10.6 Å². The van der Waals surface area contributed by atoms with Crippen LogP contribution in [0.15, 0.2) is 18.2 Å². The smallest absolute Gasteiger partial charge is 0.227 e. The summed E-state index contributed by atoms with van der Waals surface area (Å²) < 4.78 is 5.38. The van der Waals surface area contributed by atoms with Gasteiger partial charge in [0.25, 0.3) is 0 Å². The van der Waals surface area contributed by atoms with Crippen LogP contribution in [0.4, 0.5) is 5.69 Å². The summed E-state index contributed by atoms with van der Waals surface area (Å²) in [6.07, 6.45) is 2.15. The minimum absolute atomic E-state index is 0.00984. The zero-order valence-corrected chi connectivity index (χ0v) is 14.3. The molecule has 1 atom stereocenters. The Morgan fingerprint density at radius 3 is 2.79 bits per heavy atom. The standard InChI is InChI=1S/C18H25N3O3/c1-12-3-4-16(24-2)15(9-12)21-11-13(10-17(21)22)18(23)20-14-5-7-19-8-6-14/h3-4,9,13-14,19H,5-8,10-11H2,1-2H3,(H,20,23). The Morgan fingerprint density at radius 2 is 2.08 bits per heavy atom. The summed E-state index contributed by atoms with van der Waals surface area (Å²) in [6, 6.07) is 5.96. The molecule has 3 rings (SSSR count). The lowest BCUT2D eigenvalue weighted by Crippen LogP contribution is -2.45. The van der Waals surface area contributed by atoms with E-state index in [4.69, 9.17) is 4.74 Å². The summed E-state index contributed by atoms with van der Waals surface area (Å²) in [5.41, 5.74) is 1.81. The zero-order valence-electron chi connectivity index (χ0n) is 14.3. The molecule has 1 unspecified atom stereocenters. The average Bonchev–Trinajstić information content (AvgIpc) is 2.97. The number of piperidine rings is 1. The van der Waals surface area contributed by atoms with E-state index in [2.05, 4.69) is 10.6 Å². The highest BCUT2D eigenvalue weighted by atomic mass is 16.5. The molecule has 1 aromatic carbocycles. The number of hydrogen-bond donors (Lipinski definition) is 2. The molecule has 2 fully saturated rings. The number of nitrogens with zero attached hydrogens (tertiary/aromatic N) is 1. The Labute approximate surface area is 142 Å². The number of aryl methyl sites for hydroxylation is 1. The van der Waals surface area contributed by atoms with Gasteiger partial charge in [-0.3, -0.25) is 9.59 Å². The highest BCUT2D eigenvalue weighted by molar-refractivity contribution is 6.01. The largest absolute Gasteiger partial charge is 0.495 e. The van der Waals surface area contributed by atoms with Gasteiger partial charge in [0.05, 0.1) is 18.7 Å². The van der Waals surface area contributed by atoms with Crippen molar-refractivity contribution < 1.29 is 14.3 Å². The van der Waals surface area contributed by atoms with Gasteiger partial charge in [0, 0.05) is 19.0 Å². The summed E-state index contributed by atoms with van der Waals surface area (Å²) in [5.74, 6) is 0.333. The molecule has 0 radical (unpaired) electrons. The van der Waals surface area contributed by atoms with Crippen LogP contribution in [-0.4, -0.2) is 44.6 Å². The van der Waals surface area contributed by atoms with E-state index in [1.54, 1.807) is 12.0 Å². The first-order chi connectivity index (χ1) is 11.6. The van der Waals surface area contributed by atoms with Gasteiger partial charge in [-0.2, -0.15) is 0 Å². The lowest BCUT2D eigenvalue weighted by molar-refractivity contribution is -0.127. The average molecular weight is 331 g/mol. The molecular formula is C18H25N3O3. The second-order valence-electron chi connectivity index (χ2n) is 6.61. The number of amides is 2. The predicted molar refractivity (Wildman–Crippen MR) is 92.2 cm³/mol. The Hall–Kier alpha value is -2.08.